The van der Waals surface area contributed by atoms with Crippen molar-refractivity contribution in [2.75, 3.05) is 7.05 Å². The van der Waals surface area contributed by atoms with Gasteiger partial charge in [-0.25, -0.2) is 0 Å². The Labute approximate surface area is 78.4 Å². The standard InChI is InChI=1S/C9H16N2O2/c1-6-7(12)10(5)8(11(6)13)9(2,3)4/h8H,1-5H3/t8-/m0/s1. The fourth-order valence-electron chi connectivity index (χ4n) is 1.73. The second-order valence-electron chi connectivity index (χ2n) is 4.57. The second kappa shape index (κ2) is 2.72. The van der Waals surface area contributed by atoms with Crippen LogP contribution in [0, 0.1) is 10.6 Å². The topological polar surface area (TPSA) is 46.4 Å². The molecule has 1 atom stereocenters. The zero-order valence-electron chi connectivity index (χ0n) is 8.79. The van der Waals surface area contributed by atoms with Gasteiger partial charge >= 0.3 is 5.91 Å². The summed E-state index contributed by atoms with van der Waals surface area (Å²) in [6.07, 6.45) is -0.375. The third kappa shape index (κ3) is 1.41. The van der Waals surface area contributed by atoms with E-state index in [0.29, 0.717) is 0 Å². The molecule has 0 aromatic carbocycles. The zero-order valence-corrected chi connectivity index (χ0v) is 8.79. The van der Waals surface area contributed by atoms with Crippen LogP contribution in [-0.2, 0) is 4.79 Å². The lowest BCUT2D eigenvalue weighted by Gasteiger charge is -2.29. The Balaban J connectivity index is 3.09. The average molecular weight is 184 g/mol. The normalized spacial score (nSPS) is 24.5. The van der Waals surface area contributed by atoms with E-state index in [-0.39, 0.29) is 23.2 Å². The van der Waals surface area contributed by atoms with Gasteiger partial charge in [0.25, 0.3) is 5.71 Å². The molecule has 0 saturated heterocycles. The van der Waals surface area contributed by atoms with Crippen LogP contribution in [-0.4, -0.2) is 34.5 Å². The monoisotopic (exact) mass is 184 g/mol. The molecule has 13 heavy (non-hydrogen) atoms. The fourth-order valence-corrected chi connectivity index (χ4v) is 1.73. The lowest BCUT2D eigenvalue weighted by Crippen LogP contribution is -2.44. The van der Waals surface area contributed by atoms with Gasteiger partial charge in [0.15, 0.2) is 0 Å². The van der Waals surface area contributed by atoms with Crippen molar-refractivity contribution in [3.63, 3.8) is 0 Å². The molecule has 4 nitrogen and oxygen atoms in total. The van der Waals surface area contributed by atoms with Crippen LogP contribution in [0.15, 0.2) is 0 Å². The SMILES string of the molecule is CC1=[N+]([O-])[C@@H](C(C)(C)C)N(C)C1=O. The largest absolute Gasteiger partial charge is 0.622 e. The van der Waals surface area contributed by atoms with E-state index >= 15 is 0 Å². The quantitative estimate of drug-likeness (QED) is 0.413. The molecule has 0 N–H and O–H groups in total. The minimum absolute atomic E-state index is 0.171. The predicted molar refractivity (Wildman–Crippen MR) is 50.3 cm³/mol. The van der Waals surface area contributed by atoms with Crippen molar-refractivity contribution in [3.8, 4) is 0 Å². The van der Waals surface area contributed by atoms with Crippen LogP contribution in [0.2, 0.25) is 0 Å². The average Bonchev–Trinajstić information content (AvgIpc) is 2.14. The fraction of sp³-hybridized carbons (Fsp3) is 0.778. The minimum atomic E-state index is -0.375. The number of hydroxylamine groups is 1. The van der Waals surface area contributed by atoms with Crippen LogP contribution in [0.4, 0.5) is 0 Å². The maximum atomic E-state index is 11.6. The summed E-state index contributed by atoms with van der Waals surface area (Å²) < 4.78 is 0.808. The minimum Gasteiger partial charge on any atom is -0.622 e. The van der Waals surface area contributed by atoms with Crippen molar-refractivity contribution in [3.05, 3.63) is 5.21 Å². The highest BCUT2D eigenvalue weighted by molar-refractivity contribution is 6.36. The third-order valence-electron chi connectivity index (χ3n) is 2.32. The van der Waals surface area contributed by atoms with E-state index in [1.807, 2.05) is 20.8 Å². The predicted octanol–water partition coefficient (Wildman–Crippen LogP) is 0.802. The molecule has 1 heterocycles. The molecular formula is C9H16N2O2. The van der Waals surface area contributed by atoms with Crippen LogP contribution < -0.4 is 0 Å². The van der Waals surface area contributed by atoms with Gasteiger partial charge in [-0.1, -0.05) is 20.8 Å². The number of carbonyl (C=O) groups excluding carboxylic acids is 1. The molecule has 0 bridgehead atoms. The van der Waals surface area contributed by atoms with Gasteiger partial charge in [-0.3, -0.25) is 9.69 Å². The lowest BCUT2D eigenvalue weighted by atomic mass is 9.92. The van der Waals surface area contributed by atoms with E-state index in [9.17, 15) is 10.0 Å². The van der Waals surface area contributed by atoms with Crippen LogP contribution in [0.25, 0.3) is 0 Å². The Morgan fingerprint density at radius 3 is 2.08 bits per heavy atom. The summed E-state index contributed by atoms with van der Waals surface area (Å²) in [6.45, 7) is 7.42. The van der Waals surface area contributed by atoms with Crippen LogP contribution in [0.5, 0.6) is 0 Å². The molecular weight excluding hydrogens is 168 g/mol. The summed E-state index contributed by atoms with van der Waals surface area (Å²) in [5.41, 5.74) is 0.0617. The maximum Gasteiger partial charge on any atom is 0.319 e. The van der Waals surface area contributed by atoms with E-state index in [1.165, 1.54) is 4.90 Å². The first-order valence-electron chi connectivity index (χ1n) is 4.34. The highest BCUT2D eigenvalue weighted by atomic mass is 16.5. The number of carbonyl (C=O) groups is 1. The number of nitrogens with zero attached hydrogens (tertiary/aromatic N) is 2. The molecule has 1 aliphatic heterocycles. The van der Waals surface area contributed by atoms with Crippen LogP contribution in [0.3, 0.4) is 0 Å². The molecule has 0 unspecified atom stereocenters. The summed E-state index contributed by atoms with van der Waals surface area (Å²) in [7, 11) is 1.67. The van der Waals surface area contributed by atoms with Crippen LogP contribution >= 0.6 is 0 Å². The summed E-state index contributed by atoms with van der Waals surface area (Å²) in [5.74, 6) is -0.171. The molecule has 1 aliphatic rings. The van der Waals surface area contributed by atoms with Gasteiger partial charge in [-0.15, -0.1) is 0 Å². The van der Waals surface area contributed by atoms with Gasteiger partial charge in [-0.05, 0) is 0 Å². The first kappa shape index (κ1) is 10.0. The van der Waals surface area contributed by atoms with Gasteiger partial charge in [0.2, 0.25) is 6.17 Å². The zero-order chi connectivity index (χ0) is 10.4. The van der Waals surface area contributed by atoms with Gasteiger partial charge < -0.3 is 5.21 Å². The molecule has 0 aromatic heterocycles. The van der Waals surface area contributed by atoms with E-state index < -0.39 is 0 Å². The van der Waals surface area contributed by atoms with Crippen molar-refractivity contribution in [2.45, 2.75) is 33.9 Å². The van der Waals surface area contributed by atoms with Crippen molar-refractivity contribution < 1.29 is 9.53 Å². The summed E-state index contributed by atoms with van der Waals surface area (Å²) in [5, 5.41) is 11.6. The van der Waals surface area contributed by atoms with E-state index in [2.05, 4.69) is 0 Å². The summed E-state index contributed by atoms with van der Waals surface area (Å²) >= 11 is 0. The Kier molecular flexibility index (Phi) is 2.10. The lowest BCUT2D eigenvalue weighted by molar-refractivity contribution is -0.532. The molecule has 1 amide bonds. The third-order valence-corrected chi connectivity index (χ3v) is 2.32. The Morgan fingerprint density at radius 2 is 1.92 bits per heavy atom. The maximum absolute atomic E-state index is 11.6. The number of amides is 1. The van der Waals surface area contributed by atoms with E-state index in [4.69, 9.17) is 0 Å². The molecule has 1 rings (SSSR count). The van der Waals surface area contributed by atoms with Gasteiger partial charge in [-0.2, -0.15) is 4.74 Å². The first-order chi connectivity index (χ1) is 5.76. The molecule has 4 heteroatoms. The number of hydrogen-bond donors (Lipinski definition) is 0. The molecule has 0 fully saturated rings. The van der Waals surface area contributed by atoms with E-state index in [1.54, 1.807) is 14.0 Å². The molecule has 74 valence electrons. The van der Waals surface area contributed by atoms with Crippen molar-refractivity contribution in [1.82, 2.24) is 4.90 Å². The number of hydrogen-bond acceptors (Lipinski definition) is 2. The van der Waals surface area contributed by atoms with Crippen LogP contribution in [0.1, 0.15) is 27.7 Å². The molecule has 0 spiro atoms. The number of rotatable bonds is 0. The van der Waals surface area contributed by atoms with Gasteiger partial charge in [0, 0.05) is 19.4 Å². The van der Waals surface area contributed by atoms with Gasteiger partial charge in [0.05, 0.1) is 0 Å². The van der Waals surface area contributed by atoms with Crippen molar-refractivity contribution >= 4 is 11.6 Å². The van der Waals surface area contributed by atoms with Crippen molar-refractivity contribution in [2.24, 2.45) is 5.41 Å². The van der Waals surface area contributed by atoms with Crippen molar-refractivity contribution in [1.29, 1.82) is 0 Å². The van der Waals surface area contributed by atoms with E-state index in [0.717, 1.165) is 4.74 Å². The smallest absolute Gasteiger partial charge is 0.319 e. The first-order valence-corrected chi connectivity index (χ1v) is 4.34. The molecule has 0 aliphatic carbocycles. The molecule has 0 radical (unpaired) electrons. The Bertz CT molecular complexity index is 276. The van der Waals surface area contributed by atoms with Gasteiger partial charge in [0.1, 0.15) is 0 Å². The molecule has 0 saturated carbocycles. The Morgan fingerprint density at radius 1 is 1.46 bits per heavy atom. The Hall–Kier alpha value is -1.06. The molecule has 0 aromatic rings. The highest BCUT2D eigenvalue weighted by Crippen LogP contribution is 2.27. The summed E-state index contributed by atoms with van der Waals surface area (Å²) in [4.78, 5) is 12.9. The highest BCUT2D eigenvalue weighted by Gasteiger charge is 2.46. The second-order valence-corrected chi connectivity index (χ2v) is 4.57. The summed E-state index contributed by atoms with van der Waals surface area (Å²) in [6, 6.07) is 0.